The Balaban J connectivity index is 2.14. The second-order valence-corrected chi connectivity index (χ2v) is 4.79. The van der Waals surface area contributed by atoms with E-state index in [0.29, 0.717) is 16.9 Å². The second kappa shape index (κ2) is 1.42. The van der Waals surface area contributed by atoms with Gasteiger partial charge in [0, 0.05) is 0 Å². The molecule has 1 heterocycles. The molecule has 0 amide bonds. The van der Waals surface area contributed by atoms with Crippen molar-refractivity contribution in [1.29, 1.82) is 0 Å². The van der Waals surface area contributed by atoms with Gasteiger partial charge in [-0.1, -0.05) is 27.7 Å². The van der Waals surface area contributed by atoms with Crippen LogP contribution in [0, 0.1) is 16.7 Å². The van der Waals surface area contributed by atoms with Crippen molar-refractivity contribution in [2.75, 3.05) is 6.61 Å². The number of ether oxygens (including phenoxy) is 1. The minimum Gasteiger partial charge on any atom is -0.373 e. The third-order valence-corrected chi connectivity index (χ3v) is 3.86. The highest BCUT2D eigenvalue weighted by atomic mass is 16.6. The normalized spacial score (nSPS) is 41.4. The van der Waals surface area contributed by atoms with Crippen LogP contribution in [0.15, 0.2) is 0 Å². The molecule has 0 bridgehead atoms. The quantitative estimate of drug-likeness (QED) is 0.508. The molecule has 0 radical (unpaired) electrons. The zero-order valence-corrected chi connectivity index (χ0v) is 7.27. The average Bonchev–Trinajstić information content (AvgIpc) is 2.53. The Hall–Kier alpha value is -0.0400. The Kier molecular flexibility index (Phi) is 0.949. The predicted molar refractivity (Wildman–Crippen MR) is 40.8 cm³/mol. The van der Waals surface area contributed by atoms with E-state index < -0.39 is 0 Å². The van der Waals surface area contributed by atoms with Crippen LogP contribution in [0.2, 0.25) is 0 Å². The topological polar surface area (TPSA) is 12.5 Å². The first-order valence-electron chi connectivity index (χ1n) is 4.09. The third kappa shape index (κ3) is 0.572. The molecular formula is C9H16O. The van der Waals surface area contributed by atoms with Crippen LogP contribution in [0.3, 0.4) is 0 Å². The van der Waals surface area contributed by atoms with Gasteiger partial charge in [-0.25, -0.2) is 0 Å². The van der Waals surface area contributed by atoms with Gasteiger partial charge in [-0.05, 0) is 16.7 Å². The van der Waals surface area contributed by atoms with Crippen LogP contribution in [-0.4, -0.2) is 12.7 Å². The summed E-state index contributed by atoms with van der Waals surface area (Å²) < 4.78 is 5.30. The summed E-state index contributed by atoms with van der Waals surface area (Å²) in [6, 6.07) is 0. The Morgan fingerprint density at radius 1 is 1.10 bits per heavy atom. The summed E-state index contributed by atoms with van der Waals surface area (Å²) in [4.78, 5) is 0. The standard InChI is InChI=1S/C9H16O/c1-8(2)7(6-5-10-6)9(8,3)4/h6-7H,5H2,1-4H3. The fourth-order valence-electron chi connectivity index (χ4n) is 2.42. The fourth-order valence-corrected chi connectivity index (χ4v) is 2.42. The number of epoxide rings is 1. The molecule has 1 unspecified atom stereocenters. The molecule has 1 aliphatic carbocycles. The molecule has 0 aromatic carbocycles. The summed E-state index contributed by atoms with van der Waals surface area (Å²) in [6.45, 7) is 10.4. The van der Waals surface area contributed by atoms with Crippen LogP contribution in [0.1, 0.15) is 27.7 Å². The lowest BCUT2D eigenvalue weighted by Crippen LogP contribution is -1.96. The Labute approximate surface area is 62.8 Å². The minimum absolute atomic E-state index is 0.522. The summed E-state index contributed by atoms with van der Waals surface area (Å²) in [5.41, 5.74) is 1.04. The highest BCUT2D eigenvalue weighted by molar-refractivity contribution is 5.17. The highest BCUT2D eigenvalue weighted by Gasteiger charge is 2.69. The SMILES string of the molecule is CC1(C)C(C2CO2)C1(C)C. The van der Waals surface area contributed by atoms with Gasteiger partial charge >= 0.3 is 0 Å². The van der Waals surface area contributed by atoms with Crippen LogP contribution in [0.5, 0.6) is 0 Å². The van der Waals surface area contributed by atoms with Gasteiger partial charge in [0.25, 0.3) is 0 Å². The molecule has 0 N–H and O–H groups in total. The lowest BCUT2D eigenvalue weighted by molar-refractivity contribution is 0.356. The van der Waals surface area contributed by atoms with Crippen molar-refractivity contribution in [3.63, 3.8) is 0 Å². The lowest BCUT2D eigenvalue weighted by Gasteiger charge is -2.03. The molecule has 0 spiro atoms. The molecule has 1 saturated carbocycles. The molecule has 1 saturated heterocycles. The van der Waals surface area contributed by atoms with Crippen molar-refractivity contribution in [2.45, 2.75) is 33.8 Å². The van der Waals surface area contributed by atoms with E-state index in [9.17, 15) is 0 Å². The molecule has 0 aromatic heterocycles. The first-order valence-corrected chi connectivity index (χ1v) is 4.09. The number of hydrogen-bond donors (Lipinski definition) is 0. The van der Waals surface area contributed by atoms with Crippen LogP contribution >= 0.6 is 0 Å². The molecule has 2 aliphatic rings. The molecule has 58 valence electrons. The van der Waals surface area contributed by atoms with E-state index in [0.717, 1.165) is 12.5 Å². The van der Waals surface area contributed by atoms with Gasteiger partial charge in [0.15, 0.2) is 0 Å². The van der Waals surface area contributed by atoms with E-state index in [1.165, 1.54) is 0 Å². The van der Waals surface area contributed by atoms with Crippen molar-refractivity contribution in [3.05, 3.63) is 0 Å². The van der Waals surface area contributed by atoms with Crippen LogP contribution in [0.4, 0.5) is 0 Å². The second-order valence-electron chi connectivity index (χ2n) is 4.79. The van der Waals surface area contributed by atoms with Gasteiger partial charge in [0.1, 0.15) is 0 Å². The van der Waals surface area contributed by atoms with E-state index in [4.69, 9.17) is 4.74 Å². The highest BCUT2D eigenvalue weighted by Crippen LogP contribution is 2.71. The zero-order chi connectivity index (χ0) is 7.57. The molecule has 1 aliphatic heterocycles. The number of rotatable bonds is 1. The lowest BCUT2D eigenvalue weighted by atomic mass is 10.0. The number of hydrogen-bond acceptors (Lipinski definition) is 1. The van der Waals surface area contributed by atoms with Crippen molar-refractivity contribution < 1.29 is 4.74 Å². The van der Waals surface area contributed by atoms with E-state index in [-0.39, 0.29) is 0 Å². The summed E-state index contributed by atoms with van der Waals surface area (Å²) in [5.74, 6) is 0.819. The summed E-state index contributed by atoms with van der Waals surface area (Å²) in [6.07, 6.45) is 0.602. The van der Waals surface area contributed by atoms with Gasteiger partial charge in [-0.2, -0.15) is 0 Å². The fraction of sp³-hybridized carbons (Fsp3) is 1.00. The first kappa shape index (κ1) is 6.66. The van der Waals surface area contributed by atoms with Crippen molar-refractivity contribution >= 4 is 0 Å². The van der Waals surface area contributed by atoms with Crippen molar-refractivity contribution in [3.8, 4) is 0 Å². The maximum absolute atomic E-state index is 5.30. The van der Waals surface area contributed by atoms with Crippen LogP contribution < -0.4 is 0 Å². The molecule has 1 heteroatoms. The molecule has 2 fully saturated rings. The van der Waals surface area contributed by atoms with E-state index in [1.54, 1.807) is 0 Å². The molecule has 2 rings (SSSR count). The molecule has 1 nitrogen and oxygen atoms in total. The average molecular weight is 140 g/mol. The molecule has 1 atom stereocenters. The van der Waals surface area contributed by atoms with Gasteiger partial charge in [-0.3, -0.25) is 0 Å². The van der Waals surface area contributed by atoms with Crippen LogP contribution in [-0.2, 0) is 4.74 Å². The zero-order valence-electron chi connectivity index (χ0n) is 7.27. The molecule has 0 aromatic rings. The van der Waals surface area contributed by atoms with Gasteiger partial charge in [0.05, 0.1) is 12.7 Å². The molecule has 10 heavy (non-hydrogen) atoms. The Morgan fingerprint density at radius 2 is 1.50 bits per heavy atom. The van der Waals surface area contributed by atoms with Gasteiger partial charge in [-0.15, -0.1) is 0 Å². The Bertz CT molecular complexity index is 152. The van der Waals surface area contributed by atoms with Crippen molar-refractivity contribution in [1.82, 2.24) is 0 Å². The predicted octanol–water partition coefficient (Wildman–Crippen LogP) is 2.07. The Morgan fingerprint density at radius 3 is 1.60 bits per heavy atom. The monoisotopic (exact) mass is 140 g/mol. The smallest absolute Gasteiger partial charge is 0.0848 e. The maximum atomic E-state index is 5.30. The van der Waals surface area contributed by atoms with E-state index >= 15 is 0 Å². The van der Waals surface area contributed by atoms with E-state index in [1.807, 2.05) is 0 Å². The summed E-state index contributed by atoms with van der Waals surface area (Å²) in [7, 11) is 0. The maximum Gasteiger partial charge on any atom is 0.0848 e. The summed E-state index contributed by atoms with van der Waals surface area (Å²) in [5, 5.41) is 0. The summed E-state index contributed by atoms with van der Waals surface area (Å²) >= 11 is 0. The first-order chi connectivity index (χ1) is 4.48. The van der Waals surface area contributed by atoms with E-state index in [2.05, 4.69) is 27.7 Å². The molecular weight excluding hydrogens is 124 g/mol. The van der Waals surface area contributed by atoms with Gasteiger partial charge < -0.3 is 4.74 Å². The van der Waals surface area contributed by atoms with Crippen LogP contribution in [0.25, 0.3) is 0 Å². The van der Waals surface area contributed by atoms with Crippen molar-refractivity contribution in [2.24, 2.45) is 16.7 Å². The minimum atomic E-state index is 0.522. The largest absolute Gasteiger partial charge is 0.373 e. The van der Waals surface area contributed by atoms with Gasteiger partial charge in [0.2, 0.25) is 0 Å². The third-order valence-electron chi connectivity index (χ3n) is 3.86.